The zero-order chi connectivity index (χ0) is 29.4. The van der Waals surface area contributed by atoms with Gasteiger partial charge < -0.3 is 10.2 Å². The third-order valence-electron chi connectivity index (χ3n) is 6.88. The van der Waals surface area contributed by atoms with Crippen molar-refractivity contribution in [2.24, 2.45) is 5.92 Å². The second-order valence-corrected chi connectivity index (χ2v) is 12.5. The Balaban J connectivity index is 2.05. The zero-order valence-electron chi connectivity index (χ0n) is 24.3. The molecule has 8 heteroatoms. The van der Waals surface area contributed by atoms with Crippen molar-refractivity contribution in [3.05, 3.63) is 95.1 Å². The molecule has 2 amide bonds. The first-order valence-corrected chi connectivity index (χ1v) is 15.2. The molecule has 0 spiro atoms. The summed E-state index contributed by atoms with van der Waals surface area (Å²) in [7, 11) is -4.08. The minimum atomic E-state index is -4.08. The van der Waals surface area contributed by atoms with Gasteiger partial charge in [-0.3, -0.25) is 13.9 Å². The lowest BCUT2D eigenvalue weighted by atomic mass is 10.1. The van der Waals surface area contributed by atoms with Crippen molar-refractivity contribution in [3.8, 4) is 0 Å². The maximum Gasteiger partial charge on any atom is 0.264 e. The third kappa shape index (κ3) is 7.72. The lowest BCUT2D eigenvalue weighted by Gasteiger charge is -2.33. The van der Waals surface area contributed by atoms with Crippen LogP contribution in [0.2, 0.25) is 0 Å². The Morgan fingerprint density at radius 2 is 1.43 bits per heavy atom. The molecular weight excluding hydrogens is 522 g/mol. The SMILES string of the molecule is CCC(C(=O)NCC(C)C)N(Cc1ccccc1C)C(=O)CN(c1ccc(C)cc1)S(=O)(=O)c1ccc(C)cc1. The fraction of sp³-hybridized carbons (Fsp3) is 0.375. The fourth-order valence-corrected chi connectivity index (χ4v) is 5.80. The number of hydrogen-bond acceptors (Lipinski definition) is 4. The lowest BCUT2D eigenvalue weighted by molar-refractivity contribution is -0.140. The molecule has 214 valence electrons. The molecule has 0 bridgehead atoms. The summed E-state index contributed by atoms with van der Waals surface area (Å²) >= 11 is 0. The lowest BCUT2D eigenvalue weighted by Crippen LogP contribution is -2.52. The molecule has 40 heavy (non-hydrogen) atoms. The van der Waals surface area contributed by atoms with Gasteiger partial charge in [0, 0.05) is 13.1 Å². The van der Waals surface area contributed by atoms with E-state index in [-0.39, 0.29) is 23.3 Å². The number of nitrogens with one attached hydrogen (secondary N) is 1. The molecule has 0 aromatic heterocycles. The van der Waals surface area contributed by atoms with Gasteiger partial charge in [-0.05, 0) is 68.5 Å². The molecule has 3 rings (SSSR count). The zero-order valence-corrected chi connectivity index (χ0v) is 25.2. The highest BCUT2D eigenvalue weighted by atomic mass is 32.2. The van der Waals surface area contributed by atoms with E-state index in [0.717, 1.165) is 26.6 Å². The van der Waals surface area contributed by atoms with Crippen LogP contribution in [-0.4, -0.2) is 44.3 Å². The summed E-state index contributed by atoms with van der Waals surface area (Å²) in [6.45, 7) is 11.9. The van der Waals surface area contributed by atoms with E-state index in [1.54, 1.807) is 36.4 Å². The van der Waals surface area contributed by atoms with Gasteiger partial charge in [-0.15, -0.1) is 0 Å². The van der Waals surface area contributed by atoms with E-state index in [2.05, 4.69) is 5.32 Å². The standard InChI is InChI=1S/C32H41N3O4S/c1-7-30(32(37)33-20-23(2)3)34(21-27-11-9-8-10-26(27)6)31(36)22-35(28-16-12-24(4)13-17-28)40(38,39)29-18-14-25(5)15-19-29/h8-19,23,30H,7,20-22H2,1-6H3,(H,33,37). The largest absolute Gasteiger partial charge is 0.354 e. The van der Waals surface area contributed by atoms with Crippen molar-refractivity contribution >= 4 is 27.5 Å². The van der Waals surface area contributed by atoms with Crippen molar-refractivity contribution in [1.29, 1.82) is 0 Å². The highest BCUT2D eigenvalue weighted by Gasteiger charge is 2.33. The van der Waals surface area contributed by atoms with Crippen LogP contribution >= 0.6 is 0 Å². The van der Waals surface area contributed by atoms with Crippen LogP contribution in [0.15, 0.2) is 77.7 Å². The summed E-state index contributed by atoms with van der Waals surface area (Å²) < 4.78 is 29.0. The average Bonchev–Trinajstić information content (AvgIpc) is 2.92. The van der Waals surface area contributed by atoms with E-state index in [0.29, 0.717) is 18.7 Å². The Labute approximate surface area is 239 Å². The molecule has 1 N–H and O–H groups in total. The minimum absolute atomic E-state index is 0.0960. The van der Waals surface area contributed by atoms with Gasteiger partial charge in [-0.2, -0.15) is 0 Å². The quantitative estimate of drug-likeness (QED) is 0.320. The van der Waals surface area contributed by atoms with Crippen LogP contribution in [-0.2, 0) is 26.2 Å². The van der Waals surface area contributed by atoms with Crippen LogP contribution in [0.4, 0.5) is 5.69 Å². The number of anilines is 1. The van der Waals surface area contributed by atoms with Crippen LogP contribution in [0.25, 0.3) is 0 Å². The molecule has 0 aliphatic rings. The molecular formula is C32H41N3O4S. The highest BCUT2D eigenvalue weighted by molar-refractivity contribution is 7.92. The van der Waals surface area contributed by atoms with E-state index in [1.807, 2.05) is 77.9 Å². The predicted molar refractivity (Wildman–Crippen MR) is 161 cm³/mol. The molecule has 3 aromatic rings. The van der Waals surface area contributed by atoms with E-state index in [9.17, 15) is 18.0 Å². The maximum absolute atomic E-state index is 14.1. The smallest absolute Gasteiger partial charge is 0.264 e. The monoisotopic (exact) mass is 563 g/mol. The number of rotatable bonds is 12. The van der Waals surface area contributed by atoms with Crippen LogP contribution in [0, 0.1) is 26.7 Å². The first-order valence-electron chi connectivity index (χ1n) is 13.7. The number of benzene rings is 3. The summed E-state index contributed by atoms with van der Waals surface area (Å²) in [4.78, 5) is 29.0. The van der Waals surface area contributed by atoms with Gasteiger partial charge in [0.15, 0.2) is 0 Å². The number of carbonyl (C=O) groups excluding carboxylic acids is 2. The number of aryl methyl sites for hydroxylation is 3. The van der Waals surface area contributed by atoms with Gasteiger partial charge in [0.1, 0.15) is 12.6 Å². The molecule has 0 saturated carbocycles. The number of nitrogens with zero attached hydrogens (tertiary/aromatic N) is 2. The van der Waals surface area contributed by atoms with E-state index in [1.165, 1.54) is 4.90 Å². The topological polar surface area (TPSA) is 86.8 Å². The Hall–Kier alpha value is -3.65. The van der Waals surface area contributed by atoms with Crippen molar-refractivity contribution < 1.29 is 18.0 Å². The molecule has 1 unspecified atom stereocenters. The summed E-state index contributed by atoms with van der Waals surface area (Å²) in [6.07, 6.45) is 0.386. The Morgan fingerprint density at radius 3 is 1.98 bits per heavy atom. The van der Waals surface area contributed by atoms with Gasteiger partial charge in [0.05, 0.1) is 10.6 Å². The summed E-state index contributed by atoms with van der Waals surface area (Å²) in [6, 6.07) is 20.5. The Bertz CT molecular complexity index is 1400. The van der Waals surface area contributed by atoms with Crippen molar-refractivity contribution in [3.63, 3.8) is 0 Å². The van der Waals surface area contributed by atoms with Gasteiger partial charge in [-0.1, -0.05) is 80.4 Å². The average molecular weight is 564 g/mol. The number of amides is 2. The van der Waals surface area contributed by atoms with Crippen LogP contribution in [0.1, 0.15) is 49.4 Å². The summed E-state index contributed by atoms with van der Waals surface area (Å²) in [5.41, 5.74) is 4.17. The second-order valence-electron chi connectivity index (χ2n) is 10.7. The second kappa shape index (κ2) is 13.6. The minimum Gasteiger partial charge on any atom is -0.354 e. The van der Waals surface area contributed by atoms with E-state index >= 15 is 0 Å². The maximum atomic E-state index is 14.1. The number of hydrogen-bond donors (Lipinski definition) is 1. The fourth-order valence-electron chi connectivity index (χ4n) is 4.39. The first kappa shape index (κ1) is 30.9. The molecule has 1 atom stereocenters. The van der Waals surface area contributed by atoms with Crippen LogP contribution in [0.3, 0.4) is 0 Å². The van der Waals surface area contributed by atoms with Gasteiger partial charge in [-0.25, -0.2) is 8.42 Å². The van der Waals surface area contributed by atoms with Crippen molar-refractivity contribution in [1.82, 2.24) is 10.2 Å². The van der Waals surface area contributed by atoms with Crippen LogP contribution in [0.5, 0.6) is 0 Å². The van der Waals surface area contributed by atoms with Gasteiger partial charge in [0.2, 0.25) is 11.8 Å². The van der Waals surface area contributed by atoms with E-state index in [4.69, 9.17) is 0 Å². The summed E-state index contributed by atoms with van der Waals surface area (Å²) in [5, 5.41) is 2.96. The normalized spacial score (nSPS) is 12.2. The highest BCUT2D eigenvalue weighted by Crippen LogP contribution is 2.26. The summed E-state index contributed by atoms with van der Waals surface area (Å²) in [5.74, 6) is -0.453. The van der Waals surface area contributed by atoms with Crippen molar-refractivity contribution in [2.75, 3.05) is 17.4 Å². The molecule has 0 saturated heterocycles. The molecule has 7 nitrogen and oxygen atoms in total. The molecule has 0 radical (unpaired) electrons. The van der Waals surface area contributed by atoms with Gasteiger partial charge in [0.25, 0.3) is 10.0 Å². The molecule has 3 aromatic carbocycles. The number of carbonyl (C=O) groups is 2. The number of sulfonamides is 1. The Morgan fingerprint density at radius 1 is 0.850 bits per heavy atom. The van der Waals surface area contributed by atoms with Crippen molar-refractivity contribution in [2.45, 2.75) is 65.4 Å². The van der Waals surface area contributed by atoms with E-state index < -0.39 is 28.5 Å². The molecule has 0 aliphatic heterocycles. The first-order chi connectivity index (χ1) is 18.9. The molecule has 0 heterocycles. The third-order valence-corrected chi connectivity index (χ3v) is 8.67. The molecule has 0 fully saturated rings. The molecule has 0 aliphatic carbocycles. The van der Waals surface area contributed by atoms with Crippen LogP contribution < -0.4 is 9.62 Å². The Kier molecular flexibility index (Phi) is 10.5. The van der Waals surface area contributed by atoms with Gasteiger partial charge >= 0.3 is 0 Å². The predicted octanol–water partition coefficient (Wildman–Crippen LogP) is 5.39.